The zero-order valence-corrected chi connectivity index (χ0v) is 14.2. The summed E-state index contributed by atoms with van der Waals surface area (Å²) in [5.74, 6) is 0.401. The molecule has 0 aromatic heterocycles. The van der Waals surface area contributed by atoms with Crippen molar-refractivity contribution in [1.29, 1.82) is 0 Å². The van der Waals surface area contributed by atoms with Crippen molar-refractivity contribution in [1.82, 2.24) is 10.6 Å². The van der Waals surface area contributed by atoms with Crippen molar-refractivity contribution in [3.05, 3.63) is 23.8 Å². The number of hydrogen-bond donors (Lipinski definition) is 2. The Balaban J connectivity index is 2.10. The first-order valence-electron chi connectivity index (χ1n) is 7.70. The lowest BCUT2D eigenvalue weighted by molar-refractivity contribution is -0.162. The summed E-state index contributed by atoms with van der Waals surface area (Å²) in [6.45, 7) is 6.35. The van der Waals surface area contributed by atoms with E-state index in [1.54, 1.807) is 13.8 Å². The number of rotatable bonds is 4. The molecule has 23 heavy (non-hydrogen) atoms. The molecule has 2 bridgehead atoms. The van der Waals surface area contributed by atoms with Crippen LogP contribution in [-0.4, -0.2) is 30.0 Å². The van der Waals surface area contributed by atoms with E-state index in [4.69, 9.17) is 26.4 Å². The van der Waals surface area contributed by atoms with Crippen LogP contribution in [-0.2, 0) is 9.53 Å². The van der Waals surface area contributed by atoms with Gasteiger partial charge in [-0.3, -0.25) is 4.79 Å². The molecule has 2 heterocycles. The van der Waals surface area contributed by atoms with Gasteiger partial charge in [0.25, 0.3) is 0 Å². The number of nitrogens with one attached hydrogen (secondary N) is 2. The number of para-hydroxylation sites is 1. The third-order valence-electron chi connectivity index (χ3n) is 4.07. The fourth-order valence-corrected chi connectivity index (χ4v) is 3.52. The van der Waals surface area contributed by atoms with Crippen molar-refractivity contribution in [2.75, 3.05) is 13.2 Å². The van der Waals surface area contributed by atoms with Crippen LogP contribution in [0.1, 0.15) is 32.4 Å². The first kappa shape index (κ1) is 15.9. The minimum absolute atomic E-state index is 0.314. The van der Waals surface area contributed by atoms with E-state index in [0.717, 1.165) is 5.56 Å². The SMILES string of the molecule is CCOC(=O)[C@H]1[C@H]2NC(=S)N[C@@]1(C)Oc1c(OCC)cccc12. The van der Waals surface area contributed by atoms with Gasteiger partial charge in [-0.05, 0) is 39.1 Å². The summed E-state index contributed by atoms with van der Waals surface area (Å²) in [5.41, 5.74) is -0.144. The van der Waals surface area contributed by atoms with Crippen molar-refractivity contribution >= 4 is 23.3 Å². The molecule has 1 fully saturated rings. The van der Waals surface area contributed by atoms with Crippen LogP contribution in [0.4, 0.5) is 0 Å². The lowest BCUT2D eigenvalue weighted by Crippen LogP contribution is -2.70. The molecule has 1 aromatic rings. The summed E-state index contributed by atoms with van der Waals surface area (Å²) >= 11 is 5.26. The standard InChI is InChI=1S/C16H20N2O4S/c1-4-20-10-8-6-7-9-12-11(14(19)21-5-2)16(3,22-13(9)10)18-15(23)17-12/h6-8,11-12H,4-5H2,1-3H3,(H2,17,18,23)/t11-,12+,16+/m1/s1. The van der Waals surface area contributed by atoms with Gasteiger partial charge in [0.15, 0.2) is 22.3 Å². The maximum absolute atomic E-state index is 12.5. The molecule has 0 aliphatic carbocycles. The Morgan fingerprint density at radius 2 is 2.17 bits per heavy atom. The molecule has 2 aliphatic rings. The molecule has 0 spiro atoms. The highest BCUT2D eigenvalue weighted by molar-refractivity contribution is 7.80. The second-order valence-corrected chi connectivity index (χ2v) is 6.03. The van der Waals surface area contributed by atoms with Crippen LogP contribution in [0.25, 0.3) is 0 Å². The number of carbonyl (C=O) groups excluding carboxylic acids is 1. The quantitative estimate of drug-likeness (QED) is 0.643. The molecular weight excluding hydrogens is 316 g/mol. The van der Waals surface area contributed by atoms with E-state index in [9.17, 15) is 4.79 Å². The Kier molecular flexibility index (Phi) is 4.06. The predicted molar refractivity (Wildman–Crippen MR) is 88.4 cm³/mol. The van der Waals surface area contributed by atoms with Crippen molar-refractivity contribution < 1.29 is 19.0 Å². The Bertz CT molecular complexity index is 651. The van der Waals surface area contributed by atoms with Gasteiger partial charge in [0.2, 0.25) is 0 Å². The molecule has 3 atom stereocenters. The number of esters is 1. The minimum atomic E-state index is -0.987. The van der Waals surface area contributed by atoms with Crippen molar-refractivity contribution in [2.45, 2.75) is 32.5 Å². The smallest absolute Gasteiger partial charge is 0.317 e. The lowest BCUT2D eigenvalue weighted by atomic mass is 9.80. The summed E-state index contributed by atoms with van der Waals surface area (Å²) in [5, 5.41) is 6.69. The summed E-state index contributed by atoms with van der Waals surface area (Å²) in [7, 11) is 0. The zero-order valence-electron chi connectivity index (χ0n) is 13.3. The number of fused-ring (bicyclic) bond motifs is 4. The highest BCUT2D eigenvalue weighted by Crippen LogP contribution is 2.48. The Labute approximate surface area is 140 Å². The van der Waals surface area contributed by atoms with Crippen molar-refractivity contribution in [2.24, 2.45) is 5.92 Å². The fraction of sp³-hybridized carbons (Fsp3) is 0.500. The van der Waals surface area contributed by atoms with Crippen LogP contribution in [0.2, 0.25) is 0 Å². The van der Waals surface area contributed by atoms with E-state index < -0.39 is 11.6 Å². The fourth-order valence-electron chi connectivity index (χ4n) is 3.19. The molecular formula is C16H20N2O4S. The van der Waals surface area contributed by atoms with Gasteiger partial charge >= 0.3 is 5.97 Å². The second kappa shape index (κ2) is 5.88. The first-order chi connectivity index (χ1) is 11.0. The Morgan fingerprint density at radius 3 is 2.87 bits per heavy atom. The molecule has 0 saturated carbocycles. The summed E-state index contributed by atoms with van der Waals surface area (Å²) in [4.78, 5) is 12.5. The number of ether oxygens (including phenoxy) is 3. The third kappa shape index (κ3) is 2.59. The Hall–Kier alpha value is -2.02. The average Bonchev–Trinajstić information content (AvgIpc) is 2.47. The highest BCUT2D eigenvalue weighted by atomic mass is 32.1. The van der Waals surface area contributed by atoms with E-state index in [0.29, 0.717) is 29.8 Å². The van der Waals surface area contributed by atoms with Crippen LogP contribution in [0, 0.1) is 5.92 Å². The predicted octanol–water partition coefficient (Wildman–Crippen LogP) is 1.89. The Morgan fingerprint density at radius 1 is 1.39 bits per heavy atom. The topological polar surface area (TPSA) is 68.8 Å². The molecule has 6 nitrogen and oxygen atoms in total. The van der Waals surface area contributed by atoms with Gasteiger partial charge in [0.1, 0.15) is 5.92 Å². The molecule has 0 amide bonds. The lowest BCUT2D eigenvalue weighted by Gasteiger charge is -2.50. The van der Waals surface area contributed by atoms with E-state index in [1.807, 2.05) is 25.1 Å². The van der Waals surface area contributed by atoms with Gasteiger partial charge < -0.3 is 24.8 Å². The van der Waals surface area contributed by atoms with E-state index in [-0.39, 0.29) is 12.0 Å². The average molecular weight is 336 g/mol. The first-order valence-corrected chi connectivity index (χ1v) is 8.11. The summed E-state index contributed by atoms with van der Waals surface area (Å²) in [6, 6.07) is 5.32. The van der Waals surface area contributed by atoms with E-state index in [1.165, 1.54) is 0 Å². The molecule has 0 unspecified atom stereocenters. The molecule has 7 heteroatoms. The second-order valence-electron chi connectivity index (χ2n) is 5.62. The maximum atomic E-state index is 12.5. The molecule has 124 valence electrons. The minimum Gasteiger partial charge on any atom is -0.490 e. The molecule has 2 N–H and O–H groups in total. The number of benzene rings is 1. The van der Waals surface area contributed by atoms with Gasteiger partial charge in [-0.25, -0.2) is 0 Å². The van der Waals surface area contributed by atoms with Crippen molar-refractivity contribution in [3.8, 4) is 11.5 Å². The normalized spacial score (nSPS) is 27.9. The number of carbonyl (C=O) groups is 1. The van der Waals surface area contributed by atoms with Crippen molar-refractivity contribution in [3.63, 3.8) is 0 Å². The summed E-state index contributed by atoms with van der Waals surface area (Å²) < 4.78 is 17.1. The van der Waals surface area contributed by atoms with Gasteiger partial charge in [-0.15, -0.1) is 0 Å². The maximum Gasteiger partial charge on any atom is 0.317 e. The van der Waals surface area contributed by atoms with Crippen LogP contribution in [0.15, 0.2) is 18.2 Å². The number of hydrogen-bond acceptors (Lipinski definition) is 5. The van der Waals surface area contributed by atoms with Crippen LogP contribution < -0.4 is 20.1 Å². The van der Waals surface area contributed by atoms with E-state index in [2.05, 4.69) is 10.6 Å². The van der Waals surface area contributed by atoms with Gasteiger partial charge in [0, 0.05) is 5.56 Å². The van der Waals surface area contributed by atoms with Gasteiger partial charge in [-0.2, -0.15) is 0 Å². The highest BCUT2D eigenvalue weighted by Gasteiger charge is 2.56. The van der Waals surface area contributed by atoms with Crippen LogP contribution in [0.5, 0.6) is 11.5 Å². The number of thiocarbonyl (C=S) groups is 1. The van der Waals surface area contributed by atoms with Gasteiger partial charge in [0.05, 0.1) is 19.3 Å². The zero-order chi connectivity index (χ0) is 16.6. The molecule has 3 rings (SSSR count). The third-order valence-corrected chi connectivity index (χ3v) is 4.29. The molecule has 2 aliphatic heterocycles. The molecule has 1 saturated heterocycles. The monoisotopic (exact) mass is 336 g/mol. The van der Waals surface area contributed by atoms with Crippen LogP contribution >= 0.6 is 12.2 Å². The van der Waals surface area contributed by atoms with Gasteiger partial charge in [-0.1, -0.05) is 12.1 Å². The summed E-state index contributed by atoms with van der Waals surface area (Å²) in [6.07, 6.45) is 0. The molecule has 1 aromatic carbocycles. The largest absolute Gasteiger partial charge is 0.490 e. The van der Waals surface area contributed by atoms with E-state index >= 15 is 0 Å². The van der Waals surface area contributed by atoms with Crippen LogP contribution in [0.3, 0.4) is 0 Å². The molecule has 0 radical (unpaired) electrons.